The summed E-state index contributed by atoms with van der Waals surface area (Å²) in [4.78, 5) is 14.4. The van der Waals surface area contributed by atoms with E-state index in [2.05, 4.69) is 0 Å². The van der Waals surface area contributed by atoms with Gasteiger partial charge in [0, 0.05) is 52.8 Å². The lowest BCUT2D eigenvalue weighted by molar-refractivity contribution is 0.669. The summed E-state index contributed by atoms with van der Waals surface area (Å²) >= 11 is 1.22. The van der Waals surface area contributed by atoms with E-state index in [1.165, 1.54) is 11.3 Å². The van der Waals surface area contributed by atoms with Crippen molar-refractivity contribution in [2.75, 3.05) is 0 Å². The van der Waals surface area contributed by atoms with Crippen molar-refractivity contribution < 1.29 is 21.2 Å². The van der Waals surface area contributed by atoms with Gasteiger partial charge >= 0.3 is 0 Å². The van der Waals surface area contributed by atoms with Crippen LogP contribution in [0.25, 0.3) is 120 Å². The van der Waals surface area contributed by atoms with Gasteiger partial charge in [0.25, 0.3) is 0 Å². The molecule has 8 aromatic carbocycles. The molecule has 0 saturated carbocycles. The third kappa shape index (κ3) is 5.12. The van der Waals surface area contributed by atoms with E-state index >= 15 is 0 Å². The molecule has 0 radical (unpaired) electrons. The fourth-order valence-electron chi connectivity index (χ4n) is 7.70. The second-order valence-corrected chi connectivity index (χ2v) is 14.7. The Hall–Kier alpha value is -7.41. The van der Waals surface area contributed by atoms with E-state index in [1.54, 1.807) is 6.07 Å². The molecule has 0 saturated heterocycles. The molecule has 0 aliphatic carbocycles. The molecule has 57 heavy (non-hydrogen) atoms. The molecule has 5 nitrogen and oxygen atoms in total. The Morgan fingerprint density at radius 2 is 1.12 bits per heavy atom. The van der Waals surface area contributed by atoms with E-state index in [4.69, 9.17) is 32.0 Å². The molecule has 4 aromatic heterocycles. The second-order valence-electron chi connectivity index (χ2n) is 13.6. The summed E-state index contributed by atoms with van der Waals surface area (Å²) < 4.78 is 95.5. The van der Waals surface area contributed by atoms with Gasteiger partial charge in [0.1, 0.15) is 22.3 Å². The maximum absolute atomic E-state index is 9.56. The van der Waals surface area contributed by atoms with E-state index < -0.39 is 6.04 Å². The second kappa shape index (κ2) is 12.6. The molecule has 0 fully saturated rings. The van der Waals surface area contributed by atoms with Crippen LogP contribution in [0.4, 0.5) is 0 Å². The highest BCUT2D eigenvalue weighted by molar-refractivity contribution is 7.26. The number of benzene rings is 8. The van der Waals surface area contributed by atoms with Crippen molar-refractivity contribution in [2.45, 2.75) is 0 Å². The summed E-state index contributed by atoms with van der Waals surface area (Å²) in [6.45, 7) is 0. The summed E-state index contributed by atoms with van der Waals surface area (Å²) in [7, 11) is 0. The molecule has 266 valence electrons. The van der Waals surface area contributed by atoms with Gasteiger partial charge in [-0.3, -0.25) is 0 Å². The van der Waals surface area contributed by atoms with Gasteiger partial charge in [0.05, 0.1) is 17.9 Å². The third-order valence-corrected chi connectivity index (χ3v) is 11.3. The first kappa shape index (κ1) is 24.2. The Morgan fingerprint density at radius 1 is 0.404 bits per heavy atom. The predicted octanol–water partition coefficient (Wildman–Crippen LogP) is 14.4. The lowest BCUT2D eigenvalue weighted by atomic mass is 9.92. The number of para-hydroxylation sites is 2. The number of aromatic nitrogens is 3. The van der Waals surface area contributed by atoms with Crippen LogP contribution in [0.1, 0.15) is 12.3 Å². The Bertz CT molecular complexity index is 4000. The van der Waals surface area contributed by atoms with Crippen LogP contribution in [0.2, 0.25) is 0 Å². The zero-order valence-corrected chi connectivity index (χ0v) is 30.4. The van der Waals surface area contributed by atoms with Crippen molar-refractivity contribution in [2.24, 2.45) is 0 Å². The first-order valence-corrected chi connectivity index (χ1v) is 19.0. The maximum atomic E-state index is 9.56. The van der Waals surface area contributed by atoms with Crippen molar-refractivity contribution in [3.63, 3.8) is 0 Å². The molecular formula is C51H29N3O2S. The van der Waals surface area contributed by atoms with Gasteiger partial charge in [0.2, 0.25) is 0 Å². The summed E-state index contributed by atoms with van der Waals surface area (Å²) in [5.74, 6) is 0.681. The highest BCUT2D eigenvalue weighted by atomic mass is 32.1. The van der Waals surface area contributed by atoms with Crippen LogP contribution in [0.15, 0.2) is 185 Å². The summed E-state index contributed by atoms with van der Waals surface area (Å²) in [5.41, 5.74) is 5.09. The van der Waals surface area contributed by atoms with Crippen molar-refractivity contribution >= 4 is 75.4 Å². The van der Waals surface area contributed by atoms with Crippen LogP contribution in [0.3, 0.4) is 0 Å². The van der Waals surface area contributed by atoms with E-state index in [-0.39, 0.29) is 81.7 Å². The molecule has 0 aliphatic rings. The summed E-state index contributed by atoms with van der Waals surface area (Å²) in [6, 6.07) is 34.8. The molecule has 6 heteroatoms. The van der Waals surface area contributed by atoms with Crippen LogP contribution in [0, 0.1) is 0 Å². The first-order chi connectivity index (χ1) is 32.0. The van der Waals surface area contributed by atoms with E-state index in [0.29, 0.717) is 70.8 Å². The van der Waals surface area contributed by atoms with E-state index in [9.17, 15) is 4.11 Å². The Kier molecular flexibility index (Phi) is 5.33. The molecule has 12 rings (SSSR count). The topological polar surface area (TPSA) is 65.0 Å². The molecule has 4 heterocycles. The molecule has 0 bridgehead atoms. The lowest BCUT2D eigenvalue weighted by Gasteiger charge is -2.11. The molecule has 0 N–H and O–H groups in total. The molecule has 0 spiro atoms. The van der Waals surface area contributed by atoms with Gasteiger partial charge in [-0.2, -0.15) is 0 Å². The molecule has 0 atom stereocenters. The van der Waals surface area contributed by atoms with Crippen molar-refractivity contribution in [1.82, 2.24) is 15.0 Å². The van der Waals surface area contributed by atoms with Crippen molar-refractivity contribution in [3.8, 4) is 56.4 Å². The van der Waals surface area contributed by atoms with Crippen LogP contribution >= 0.6 is 11.3 Å². The minimum atomic E-state index is -0.423. The van der Waals surface area contributed by atoms with Gasteiger partial charge in [-0.05, 0) is 70.7 Å². The number of rotatable bonds is 5. The average Bonchev–Trinajstić information content (AvgIpc) is 4.05. The third-order valence-electron chi connectivity index (χ3n) is 10.3. The number of hydrogen-bond donors (Lipinski definition) is 0. The zero-order chi connectivity index (χ0) is 45.3. The predicted molar refractivity (Wildman–Crippen MR) is 234 cm³/mol. The largest absolute Gasteiger partial charge is 0.456 e. The molecule has 12 aromatic rings. The fraction of sp³-hybridized carbons (Fsp3) is 0. The van der Waals surface area contributed by atoms with Crippen LogP contribution in [-0.4, -0.2) is 15.0 Å². The first-order valence-electron chi connectivity index (χ1n) is 22.7. The lowest BCUT2D eigenvalue weighted by Crippen LogP contribution is -2.00. The zero-order valence-electron chi connectivity index (χ0n) is 38.6. The summed E-state index contributed by atoms with van der Waals surface area (Å²) in [5, 5.41) is 2.86. The Morgan fingerprint density at radius 3 is 1.95 bits per heavy atom. The highest BCUT2D eigenvalue weighted by Crippen LogP contribution is 2.47. The van der Waals surface area contributed by atoms with Crippen molar-refractivity contribution in [1.29, 1.82) is 0 Å². The number of hydrogen-bond acceptors (Lipinski definition) is 6. The van der Waals surface area contributed by atoms with E-state index in [0.717, 1.165) is 16.3 Å². The van der Waals surface area contributed by atoms with Crippen LogP contribution < -0.4 is 0 Å². The van der Waals surface area contributed by atoms with Crippen molar-refractivity contribution in [3.05, 3.63) is 176 Å². The average molecular weight is 757 g/mol. The summed E-state index contributed by atoms with van der Waals surface area (Å²) in [6.07, 6.45) is 0. The molecule has 0 aliphatic heterocycles. The van der Waals surface area contributed by atoms with Gasteiger partial charge in [-0.15, -0.1) is 11.3 Å². The minimum absolute atomic E-state index is 0.0211. The van der Waals surface area contributed by atoms with Gasteiger partial charge in [-0.1, -0.05) is 127 Å². The van der Waals surface area contributed by atoms with Gasteiger partial charge < -0.3 is 8.83 Å². The molecular weight excluding hydrogens is 719 g/mol. The molecule has 0 amide bonds. The van der Waals surface area contributed by atoms with Gasteiger partial charge in [-0.25, -0.2) is 15.0 Å². The quantitative estimate of drug-likeness (QED) is 0.175. The highest BCUT2D eigenvalue weighted by Gasteiger charge is 2.21. The number of nitrogens with zero attached hydrogens (tertiary/aromatic N) is 3. The normalized spacial score (nSPS) is 14.1. The smallest absolute Gasteiger partial charge is 0.167 e. The Balaban J connectivity index is 1.15. The maximum Gasteiger partial charge on any atom is 0.167 e. The monoisotopic (exact) mass is 756 g/mol. The number of fused-ring (bicyclic) bond motifs is 9. The number of thiophene rings is 1. The number of furan rings is 2. The Labute approximate surface area is 342 Å². The minimum Gasteiger partial charge on any atom is -0.456 e. The van der Waals surface area contributed by atoms with Gasteiger partial charge in [0.15, 0.2) is 17.5 Å². The SMILES string of the molecule is [2H]c1c([2H])c([2H])c2c(oc3cc(-c4cc(-c5cccc6oc7ccccc7c56)c5c(c4)sc4c([2H])c([2H])c([2H])c([2H])c45)c([2H])c([2H])c32)c1-c1nc(-c2ccccc2)nc(-c2ccccc2)n1. The standard InChI is InChI=1S/C51H29N3O2S/c1-3-13-30(14-4-1)49-52-50(31-15-5-2-6-16-31)54-51(53-49)39-21-11-20-36-34-26-25-32(28-43(34)56-48(36)39)33-27-40(47-38-18-8-10-24-44(38)57-45(47)29-33)35-19-12-23-42-46(35)37-17-7-9-22-41(37)55-42/h1-29H/i8D,10D,11D,18D,20D,21D,24D,25D,26D. The van der Waals surface area contributed by atoms with Crippen LogP contribution in [0.5, 0.6) is 0 Å². The molecule has 0 unspecified atom stereocenters. The fourth-order valence-corrected chi connectivity index (χ4v) is 8.77. The van der Waals surface area contributed by atoms with E-state index in [1.807, 2.05) is 115 Å². The van der Waals surface area contributed by atoms with Crippen LogP contribution in [-0.2, 0) is 0 Å².